The van der Waals surface area contributed by atoms with Gasteiger partial charge in [-0.3, -0.25) is 4.79 Å². The normalized spacial score (nSPS) is 26.7. The molecule has 1 heterocycles. The molecule has 0 spiro atoms. The van der Waals surface area contributed by atoms with E-state index in [4.69, 9.17) is 10.5 Å². The Morgan fingerprint density at radius 1 is 1.45 bits per heavy atom. The number of carbonyl (C=O) groups is 2. The fourth-order valence-corrected chi connectivity index (χ4v) is 2.14. The summed E-state index contributed by atoms with van der Waals surface area (Å²) in [5, 5.41) is 0. The van der Waals surface area contributed by atoms with Gasteiger partial charge in [-0.2, -0.15) is 0 Å². The zero-order chi connectivity index (χ0) is 14.6. The number of Topliss-reactive ketones (excluding diaryl/α,β-unsaturated/α-hetero) is 1. The van der Waals surface area contributed by atoms with Crippen molar-refractivity contribution in [3.05, 3.63) is 42.0 Å². The Hall–Kier alpha value is -1.98. The number of hydrogen-bond acceptors (Lipinski definition) is 5. The maximum Gasteiger partial charge on any atom is 0.336 e. The van der Waals surface area contributed by atoms with E-state index in [9.17, 15) is 9.59 Å². The fraction of sp³-hybridized carbons (Fsp3) is 0.333. The second-order valence-corrected chi connectivity index (χ2v) is 4.59. The van der Waals surface area contributed by atoms with Crippen LogP contribution in [0.1, 0.15) is 12.0 Å². The van der Waals surface area contributed by atoms with Crippen LogP contribution < -0.4 is 5.73 Å². The van der Waals surface area contributed by atoms with Crippen LogP contribution in [0, 0.1) is 0 Å². The van der Waals surface area contributed by atoms with Gasteiger partial charge in [0.05, 0.1) is 13.7 Å². The highest BCUT2D eigenvalue weighted by atomic mass is 16.5. The van der Waals surface area contributed by atoms with Gasteiger partial charge in [-0.25, -0.2) is 4.79 Å². The smallest absolute Gasteiger partial charge is 0.336 e. The number of hydrogen-bond donors (Lipinski definition) is 1. The molecule has 1 saturated heterocycles. The van der Waals surface area contributed by atoms with Gasteiger partial charge in [0.2, 0.25) is 5.54 Å². The molecule has 1 fully saturated rings. The molecule has 1 aliphatic heterocycles. The number of carbonyl (C=O) groups excluding carboxylic acids is 2. The van der Waals surface area contributed by atoms with E-state index in [1.807, 2.05) is 30.3 Å². The summed E-state index contributed by atoms with van der Waals surface area (Å²) in [5.74, 6) is -1.14. The van der Waals surface area contributed by atoms with Crippen LogP contribution >= 0.6 is 0 Å². The molecule has 1 aromatic rings. The summed E-state index contributed by atoms with van der Waals surface area (Å²) in [4.78, 5) is 23.8. The minimum Gasteiger partial charge on any atom is -0.467 e. The molecule has 2 atom stereocenters. The summed E-state index contributed by atoms with van der Waals surface area (Å²) < 4.78 is 10.1. The van der Waals surface area contributed by atoms with Crippen LogP contribution in [0.4, 0.5) is 0 Å². The Kier molecular flexibility index (Phi) is 4.32. The highest BCUT2D eigenvalue weighted by Gasteiger charge is 2.51. The maximum absolute atomic E-state index is 12.0. The first-order valence-corrected chi connectivity index (χ1v) is 6.34. The van der Waals surface area contributed by atoms with Crippen LogP contribution in [0.2, 0.25) is 0 Å². The molecule has 20 heavy (non-hydrogen) atoms. The van der Waals surface area contributed by atoms with Gasteiger partial charge < -0.3 is 15.2 Å². The number of rotatable bonds is 3. The Labute approximate surface area is 117 Å². The summed E-state index contributed by atoms with van der Waals surface area (Å²) in [6.45, 7) is 0.249. The molecule has 5 nitrogen and oxygen atoms in total. The summed E-state index contributed by atoms with van der Waals surface area (Å²) >= 11 is 0. The number of nitrogens with two attached hydrogens (primary N) is 1. The second-order valence-electron chi connectivity index (χ2n) is 4.59. The summed E-state index contributed by atoms with van der Waals surface area (Å²) in [6, 6.07) is 9.49. The molecule has 2 rings (SSSR count). The summed E-state index contributed by atoms with van der Waals surface area (Å²) in [7, 11) is 1.21. The van der Waals surface area contributed by atoms with Gasteiger partial charge in [-0.1, -0.05) is 42.5 Å². The van der Waals surface area contributed by atoms with Crippen molar-refractivity contribution >= 4 is 17.8 Å². The van der Waals surface area contributed by atoms with Crippen LogP contribution in [0.15, 0.2) is 36.4 Å². The van der Waals surface area contributed by atoms with Gasteiger partial charge >= 0.3 is 5.97 Å². The monoisotopic (exact) mass is 275 g/mol. The molecule has 1 aliphatic rings. The number of methoxy groups -OCH3 is 1. The van der Waals surface area contributed by atoms with Crippen molar-refractivity contribution in [3.8, 4) is 0 Å². The average Bonchev–Trinajstić information content (AvgIpc) is 2.49. The lowest BCUT2D eigenvalue weighted by molar-refractivity contribution is -0.161. The van der Waals surface area contributed by atoms with Gasteiger partial charge in [0.25, 0.3) is 0 Å². The highest BCUT2D eigenvalue weighted by molar-refractivity contribution is 6.09. The Bertz CT molecular complexity index is 516. The van der Waals surface area contributed by atoms with Crippen LogP contribution in [0.25, 0.3) is 6.08 Å². The van der Waals surface area contributed by atoms with Crippen molar-refractivity contribution in [2.24, 2.45) is 5.73 Å². The topological polar surface area (TPSA) is 78.6 Å². The van der Waals surface area contributed by atoms with Gasteiger partial charge in [0.1, 0.15) is 6.10 Å². The minimum atomic E-state index is -1.77. The van der Waals surface area contributed by atoms with Crippen molar-refractivity contribution < 1.29 is 19.1 Å². The lowest BCUT2D eigenvalue weighted by atomic mass is 9.84. The standard InChI is InChI=1S/C15H17NO4/c1-19-14(18)15(16)12(17)9-10-20-13(15)8-7-11-5-3-2-4-6-11/h2-8,13H,9-10,16H2,1H3/b8-7+/t13-,15+/m1/s1. The molecule has 1 aromatic carbocycles. The SMILES string of the molecule is COC(=O)[C@]1(N)C(=O)CCO[C@@H]1/C=C/c1ccccc1. The molecule has 0 unspecified atom stereocenters. The van der Waals surface area contributed by atoms with E-state index in [1.165, 1.54) is 7.11 Å². The predicted molar refractivity (Wildman–Crippen MR) is 73.8 cm³/mol. The zero-order valence-corrected chi connectivity index (χ0v) is 11.2. The minimum absolute atomic E-state index is 0.112. The maximum atomic E-state index is 12.0. The third-order valence-electron chi connectivity index (χ3n) is 3.32. The Balaban J connectivity index is 2.26. The molecule has 0 bridgehead atoms. The van der Waals surface area contributed by atoms with Crippen LogP contribution in [0.5, 0.6) is 0 Å². The molecule has 106 valence electrons. The first kappa shape index (κ1) is 14.4. The quantitative estimate of drug-likeness (QED) is 0.655. The van der Waals surface area contributed by atoms with Gasteiger partial charge in [0.15, 0.2) is 5.78 Å². The Morgan fingerprint density at radius 2 is 2.15 bits per heavy atom. The average molecular weight is 275 g/mol. The van der Waals surface area contributed by atoms with Crippen molar-refractivity contribution in [1.29, 1.82) is 0 Å². The molecular formula is C15H17NO4. The van der Waals surface area contributed by atoms with Gasteiger partial charge in [-0.05, 0) is 5.56 Å². The number of benzene rings is 1. The molecule has 0 amide bonds. The lowest BCUT2D eigenvalue weighted by Crippen LogP contribution is -2.66. The van der Waals surface area contributed by atoms with Crippen molar-refractivity contribution in [2.75, 3.05) is 13.7 Å². The van der Waals surface area contributed by atoms with Crippen molar-refractivity contribution in [2.45, 2.75) is 18.1 Å². The van der Waals surface area contributed by atoms with E-state index in [0.29, 0.717) is 0 Å². The predicted octanol–water partition coefficient (Wildman–Crippen LogP) is 0.928. The van der Waals surface area contributed by atoms with Crippen LogP contribution in [-0.2, 0) is 19.1 Å². The number of ketones is 1. The lowest BCUT2D eigenvalue weighted by Gasteiger charge is -2.35. The molecule has 5 heteroatoms. The van der Waals surface area contributed by atoms with Crippen molar-refractivity contribution in [1.82, 2.24) is 0 Å². The third kappa shape index (κ3) is 2.64. The third-order valence-corrected chi connectivity index (χ3v) is 3.32. The first-order chi connectivity index (χ1) is 9.59. The van der Waals surface area contributed by atoms with Gasteiger partial charge in [0, 0.05) is 6.42 Å². The number of ether oxygens (including phenoxy) is 2. The van der Waals surface area contributed by atoms with E-state index in [0.717, 1.165) is 5.56 Å². The van der Waals surface area contributed by atoms with E-state index >= 15 is 0 Å². The molecular weight excluding hydrogens is 258 g/mol. The largest absolute Gasteiger partial charge is 0.467 e. The fourth-order valence-electron chi connectivity index (χ4n) is 2.14. The van der Waals surface area contributed by atoms with Crippen LogP contribution in [-0.4, -0.2) is 37.1 Å². The Morgan fingerprint density at radius 3 is 2.80 bits per heavy atom. The van der Waals surface area contributed by atoms with E-state index in [-0.39, 0.29) is 18.8 Å². The molecule has 2 N–H and O–H groups in total. The molecule has 0 aromatic heterocycles. The molecule has 0 aliphatic carbocycles. The van der Waals surface area contributed by atoms with Crippen LogP contribution in [0.3, 0.4) is 0 Å². The van der Waals surface area contributed by atoms with E-state index < -0.39 is 17.6 Å². The molecule has 0 saturated carbocycles. The summed E-state index contributed by atoms with van der Waals surface area (Å²) in [5.41, 5.74) is 5.13. The van der Waals surface area contributed by atoms with Gasteiger partial charge in [-0.15, -0.1) is 0 Å². The first-order valence-electron chi connectivity index (χ1n) is 6.34. The zero-order valence-electron chi connectivity index (χ0n) is 11.2. The number of esters is 1. The second kappa shape index (κ2) is 5.98. The highest BCUT2D eigenvalue weighted by Crippen LogP contribution is 2.23. The molecule has 0 radical (unpaired) electrons. The van der Waals surface area contributed by atoms with Crippen molar-refractivity contribution in [3.63, 3.8) is 0 Å². The van der Waals surface area contributed by atoms with E-state index in [1.54, 1.807) is 12.2 Å². The van der Waals surface area contributed by atoms with E-state index in [2.05, 4.69) is 4.74 Å². The summed E-state index contributed by atoms with van der Waals surface area (Å²) in [6.07, 6.45) is 2.69.